The van der Waals surface area contributed by atoms with Crippen molar-refractivity contribution in [3.05, 3.63) is 0 Å². The zero-order valence-corrected chi connectivity index (χ0v) is 10.7. The molecule has 3 heteroatoms. The van der Waals surface area contributed by atoms with Gasteiger partial charge < -0.3 is 5.32 Å². The molecule has 0 spiro atoms. The molecule has 0 amide bonds. The van der Waals surface area contributed by atoms with Crippen molar-refractivity contribution in [1.82, 2.24) is 5.32 Å². The van der Waals surface area contributed by atoms with Gasteiger partial charge >= 0.3 is 0 Å². The largest absolute Gasteiger partial charge is 0.314 e. The van der Waals surface area contributed by atoms with Gasteiger partial charge in [0.1, 0.15) is 0 Å². The summed E-state index contributed by atoms with van der Waals surface area (Å²) in [7, 11) is 0. The molecule has 0 aromatic carbocycles. The fourth-order valence-electron chi connectivity index (χ4n) is 3.12. The van der Waals surface area contributed by atoms with Crippen LogP contribution < -0.4 is 5.32 Å². The average molecular weight is 245 g/mol. The standard InChI is InChI=1S/C14H25F2N/c15-14(16)9-7-12(8-10-14)11-17-13-5-3-1-2-4-6-13/h12-13,17H,1-11H2. The molecule has 1 nitrogen and oxygen atoms in total. The molecule has 2 aliphatic carbocycles. The lowest BCUT2D eigenvalue weighted by atomic mass is 9.86. The van der Waals surface area contributed by atoms with Crippen LogP contribution in [0, 0.1) is 5.92 Å². The zero-order valence-electron chi connectivity index (χ0n) is 10.7. The van der Waals surface area contributed by atoms with Crippen molar-refractivity contribution >= 4 is 0 Å². The third-order valence-corrected chi connectivity index (χ3v) is 4.39. The Hall–Kier alpha value is -0.180. The van der Waals surface area contributed by atoms with Crippen LogP contribution in [-0.4, -0.2) is 18.5 Å². The molecule has 0 heterocycles. The van der Waals surface area contributed by atoms with Crippen molar-refractivity contribution in [3.8, 4) is 0 Å². The van der Waals surface area contributed by atoms with E-state index in [-0.39, 0.29) is 12.8 Å². The van der Waals surface area contributed by atoms with Crippen molar-refractivity contribution in [3.63, 3.8) is 0 Å². The van der Waals surface area contributed by atoms with Gasteiger partial charge in [-0.1, -0.05) is 25.7 Å². The van der Waals surface area contributed by atoms with Crippen LogP contribution in [0.2, 0.25) is 0 Å². The van der Waals surface area contributed by atoms with E-state index in [9.17, 15) is 8.78 Å². The van der Waals surface area contributed by atoms with Crippen LogP contribution in [0.1, 0.15) is 64.2 Å². The third-order valence-electron chi connectivity index (χ3n) is 4.39. The number of rotatable bonds is 3. The molecule has 0 saturated heterocycles. The Morgan fingerprint density at radius 2 is 1.47 bits per heavy atom. The summed E-state index contributed by atoms with van der Waals surface area (Å²) < 4.78 is 26.0. The van der Waals surface area contributed by atoms with E-state index in [2.05, 4.69) is 5.32 Å². The van der Waals surface area contributed by atoms with E-state index in [1.165, 1.54) is 38.5 Å². The highest BCUT2D eigenvalue weighted by atomic mass is 19.3. The van der Waals surface area contributed by atoms with E-state index in [1.807, 2.05) is 0 Å². The van der Waals surface area contributed by atoms with Crippen LogP contribution in [-0.2, 0) is 0 Å². The number of halogens is 2. The van der Waals surface area contributed by atoms with Gasteiger partial charge in [0, 0.05) is 18.9 Å². The molecule has 0 radical (unpaired) electrons. The van der Waals surface area contributed by atoms with Gasteiger partial charge in [0.2, 0.25) is 5.92 Å². The first-order chi connectivity index (χ1) is 8.16. The summed E-state index contributed by atoms with van der Waals surface area (Å²) in [6.07, 6.45) is 9.57. The second kappa shape index (κ2) is 6.12. The number of hydrogen-bond acceptors (Lipinski definition) is 1. The Labute approximate surface area is 103 Å². The third kappa shape index (κ3) is 4.53. The molecule has 2 aliphatic rings. The van der Waals surface area contributed by atoms with Gasteiger partial charge in [-0.3, -0.25) is 0 Å². The summed E-state index contributed by atoms with van der Waals surface area (Å²) in [5.74, 6) is -1.89. The first-order valence-corrected chi connectivity index (χ1v) is 7.27. The second-order valence-electron chi connectivity index (χ2n) is 5.90. The van der Waals surface area contributed by atoms with Crippen LogP contribution in [0.5, 0.6) is 0 Å². The van der Waals surface area contributed by atoms with Gasteiger partial charge in [-0.25, -0.2) is 8.78 Å². The summed E-state index contributed by atoms with van der Waals surface area (Å²) in [6.45, 7) is 0.959. The second-order valence-corrected chi connectivity index (χ2v) is 5.90. The monoisotopic (exact) mass is 245 g/mol. The summed E-state index contributed by atoms with van der Waals surface area (Å²) >= 11 is 0. The maximum absolute atomic E-state index is 13.0. The van der Waals surface area contributed by atoms with E-state index in [1.54, 1.807) is 0 Å². The fourth-order valence-corrected chi connectivity index (χ4v) is 3.12. The van der Waals surface area contributed by atoms with E-state index in [0.717, 1.165) is 6.54 Å². The average Bonchev–Trinajstić information content (AvgIpc) is 2.56. The number of alkyl halides is 2. The van der Waals surface area contributed by atoms with Crippen molar-refractivity contribution in [1.29, 1.82) is 0 Å². The SMILES string of the molecule is FC1(F)CCC(CNC2CCCCCC2)CC1. The molecule has 0 unspecified atom stereocenters. The molecular formula is C14H25F2N. The first kappa shape index (κ1) is 13.3. The lowest BCUT2D eigenvalue weighted by Crippen LogP contribution is -2.36. The first-order valence-electron chi connectivity index (χ1n) is 7.27. The molecule has 0 atom stereocenters. The van der Waals surface area contributed by atoms with Gasteiger partial charge in [-0.2, -0.15) is 0 Å². The maximum atomic E-state index is 13.0. The Bertz CT molecular complexity index is 212. The van der Waals surface area contributed by atoms with E-state index in [4.69, 9.17) is 0 Å². The Morgan fingerprint density at radius 1 is 0.882 bits per heavy atom. The molecule has 100 valence electrons. The van der Waals surface area contributed by atoms with Crippen LogP contribution >= 0.6 is 0 Å². The normalized spacial score (nSPS) is 27.9. The minimum atomic E-state index is -2.38. The van der Waals surface area contributed by atoms with E-state index in [0.29, 0.717) is 24.8 Å². The van der Waals surface area contributed by atoms with Crippen molar-refractivity contribution in [2.24, 2.45) is 5.92 Å². The fraction of sp³-hybridized carbons (Fsp3) is 1.00. The summed E-state index contributed by atoms with van der Waals surface area (Å²) in [5, 5.41) is 3.61. The minimum absolute atomic E-state index is 0.101. The molecule has 0 aromatic heterocycles. The summed E-state index contributed by atoms with van der Waals surface area (Å²) in [5.41, 5.74) is 0. The van der Waals surface area contributed by atoms with Crippen LogP contribution in [0.3, 0.4) is 0 Å². The van der Waals surface area contributed by atoms with Gasteiger partial charge in [-0.05, 0) is 38.1 Å². The molecular weight excluding hydrogens is 220 g/mol. The topological polar surface area (TPSA) is 12.0 Å². The van der Waals surface area contributed by atoms with Gasteiger partial charge in [-0.15, -0.1) is 0 Å². The zero-order chi connectivity index (χ0) is 12.1. The smallest absolute Gasteiger partial charge is 0.248 e. The van der Waals surface area contributed by atoms with Crippen LogP contribution in [0.15, 0.2) is 0 Å². The van der Waals surface area contributed by atoms with Crippen molar-refractivity contribution in [2.45, 2.75) is 76.2 Å². The van der Waals surface area contributed by atoms with Crippen LogP contribution in [0.25, 0.3) is 0 Å². The van der Waals surface area contributed by atoms with E-state index < -0.39 is 5.92 Å². The van der Waals surface area contributed by atoms with Crippen molar-refractivity contribution < 1.29 is 8.78 Å². The predicted molar refractivity (Wildman–Crippen MR) is 66.4 cm³/mol. The molecule has 0 aliphatic heterocycles. The molecule has 2 rings (SSSR count). The molecule has 17 heavy (non-hydrogen) atoms. The van der Waals surface area contributed by atoms with Gasteiger partial charge in [0.05, 0.1) is 0 Å². The number of hydrogen-bond donors (Lipinski definition) is 1. The summed E-state index contributed by atoms with van der Waals surface area (Å²) in [6, 6.07) is 0.653. The predicted octanol–water partition coefficient (Wildman–Crippen LogP) is 4.12. The Morgan fingerprint density at radius 3 is 2.06 bits per heavy atom. The lowest BCUT2D eigenvalue weighted by Gasteiger charge is -2.29. The Kier molecular flexibility index (Phi) is 4.78. The molecule has 0 bridgehead atoms. The number of nitrogens with one attached hydrogen (secondary N) is 1. The summed E-state index contributed by atoms with van der Waals surface area (Å²) in [4.78, 5) is 0. The highest BCUT2D eigenvalue weighted by Crippen LogP contribution is 2.35. The highest BCUT2D eigenvalue weighted by Gasteiger charge is 2.34. The lowest BCUT2D eigenvalue weighted by molar-refractivity contribution is -0.0456. The molecule has 1 N–H and O–H groups in total. The minimum Gasteiger partial charge on any atom is -0.314 e. The Balaban J connectivity index is 1.64. The van der Waals surface area contributed by atoms with Gasteiger partial charge in [0.25, 0.3) is 0 Å². The van der Waals surface area contributed by atoms with Crippen LogP contribution in [0.4, 0.5) is 8.78 Å². The quantitative estimate of drug-likeness (QED) is 0.737. The molecule has 0 aromatic rings. The molecule has 2 saturated carbocycles. The van der Waals surface area contributed by atoms with E-state index >= 15 is 0 Å². The highest BCUT2D eigenvalue weighted by molar-refractivity contribution is 4.80. The maximum Gasteiger partial charge on any atom is 0.248 e. The van der Waals surface area contributed by atoms with Gasteiger partial charge in [0.15, 0.2) is 0 Å². The molecule has 2 fully saturated rings. The van der Waals surface area contributed by atoms with Crippen molar-refractivity contribution in [2.75, 3.05) is 6.54 Å².